The molecule has 3 aromatic carbocycles. The number of aliphatic hydroxyl groups excluding tert-OH is 1. The molecule has 0 aliphatic heterocycles. The molecule has 0 saturated heterocycles. The molecule has 0 aromatic heterocycles. The summed E-state index contributed by atoms with van der Waals surface area (Å²) in [6.07, 6.45) is 1.18. The predicted octanol–water partition coefficient (Wildman–Crippen LogP) is 2.91. The number of hydrogen-bond acceptors (Lipinski definition) is 6. The van der Waals surface area contributed by atoms with Crippen LogP contribution < -0.4 is 20.5 Å². The van der Waals surface area contributed by atoms with Gasteiger partial charge in [0, 0.05) is 24.5 Å². The van der Waals surface area contributed by atoms with Crippen molar-refractivity contribution in [2.24, 2.45) is 0 Å². The normalized spacial score (nSPS) is 13.3. The van der Waals surface area contributed by atoms with Gasteiger partial charge in [-0.15, -0.1) is 0 Å². The van der Waals surface area contributed by atoms with Crippen LogP contribution in [0, 0.1) is 0 Å². The van der Waals surface area contributed by atoms with Crippen molar-refractivity contribution in [3.8, 4) is 16.9 Å². The summed E-state index contributed by atoms with van der Waals surface area (Å²) in [6.45, 7) is 1.35. The van der Waals surface area contributed by atoms with Crippen LogP contribution in [-0.4, -0.2) is 39.5 Å². The molecule has 0 bridgehead atoms. The molecule has 0 saturated carbocycles. The Morgan fingerprint density at radius 2 is 1.81 bits per heavy atom. The Bertz CT molecular complexity index is 1230. The molecule has 1 atom stereocenters. The van der Waals surface area contributed by atoms with Crippen LogP contribution in [0.3, 0.4) is 0 Å². The first-order valence-electron chi connectivity index (χ1n) is 10.4. The molecule has 7 nitrogen and oxygen atoms in total. The van der Waals surface area contributed by atoms with Crippen LogP contribution in [0.2, 0.25) is 0 Å². The van der Waals surface area contributed by atoms with E-state index < -0.39 is 16.1 Å². The van der Waals surface area contributed by atoms with Crippen molar-refractivity contribution in [1.82, 2.24) is 5.32 Å². The minimum atomic E-state index is -3.36. The van der Waals surface area contributed by atoms with Crippen LogP contribution in [0.1, 0.15) is 22.8 Å². The number of hydrogen-bond donors (Lipinski definition) is 4. The second-order valence-electron chi connectivity index (χ2n) is 7.98. The molecular formula is C24H27N3O4S. The van der Waals surface area contributed by atoms with Crippen molar-refractivity contribution in [3.63, 3.8) is 0 Å². The van der Waals surface area contributed by atoms with E-state index >= 15 is 0 Å². The molecule has 5 N–H and O–H groups in total. The first-order valence-corrected chi connectivity index (χ1v) is 12.3. The third kappa shape index (κ3) is 5.40. The van der Waals surface area contributed by atoms with Gasteiger partial charge in [0.05, 0.1) is 12.4 Å². The Hall–Kier alpha value is -3.07. The van der Waals surface area contributed by atoms with Crippen LogP contribution in [0.4, 0.5) is 11.4 Å². The van der Waals surface area contributed by atoms with E-state index in [2.05, 4.69) is 28.2 Å². The lowest BCUT2D eigenvalue weighted by Crippen LogP contribution is -2.26. The van der Waals surface area contributed by atoms with Gasteiger partial charge < -0.3 is 20.9 Å². The lowest BCUT2D eigenvalue weighted by Gasteiger charge is -2.14. The fraction of sp³-hybridized carbons (Fsp3) is 0.250. The molecule has 8 heteroatoms. The molecule has 0 fully saturated rings. The summed E-state index contributed by atoms with van der Waals surface area (Å²) in [5, 5.41) is 13.5. The summed E-state index contributed by atoms with van der Waals surface area (Å²) in [4.78, 5) is 0. The van der Waals surface area contributed by atoms with Gasteiger partial charge >= 0.3 is 0 Å². The van der Waals surface area contributed by atoms with Crippen molar-refractivity contribution < 1.29 is 18.3 Å². The van der Waals surface area contributed by atoms with E-state index in [1.807, 2.05) is 18.2 Å². The summed E-state index contributed by atoms with van der Waals surface area (Å²) in [7, 11) is -3.36. The van der Waals surface area contributed by atoms with Gasteiger partial charge in [-0.05, 0) is 70.6 Å². The third-order valence-electron chi connectivity index (χ3n) is 5.34. The number of ether oxygens (including phenoxy) is 1. The Kier molecular flexibility index (Phi) is 6.36. The lowest BCUT2D eigenvalue weighted by molar-refractivity contribution is 0.172. The number of anilines is 2. The summed E-state index contributed by atoms with van der Waals surface area (Å²) < 4.78 is 31.0. The van der Waals surface area contributed by atoms with Gasteiger partial charge in [-0.1, -0.05) is 24.3 Å². The van der Waals surface area contributed by atoms with Gasteiger partial charge in [-0.25, -0.2) is 8.42 Å². The summed E-state index contributed by atoms with van der Waals surface area (Å²) in [5.41, 5.74) is 12.7. The molecule has 0 amide bonds. The van der Waals surface area contributed by atoms with Gasteiger partial charge in [0.25, 0.3) is 0 Å². The molecule has 168 valence electrons. The molecule has 1 aliphatic carbocycles. The fourth-order valence-corrected chi connectivity index (χ4v) is 4.47. The summed E-state index contributed by atoms with van der Waals surface area (Å²) >= 11 is 0. The first-order chi connectivity index (χ1) is 15.3. The first kappa shape index (κ1) is 22.1. The molecule has 0 heterocycles. The number of aliphatic hydroxyl groups is 1. The Morgan fingerprint density at radius 1 is 1.06 bits per heavy atom. The number of fused-ring (bicyclic) bond motifs is 3. The fourth-order valence-electron chi connectivity index (χ4n) is 3.92. The van der Waals surface area contributed by atoms with Crippen molar-refractivity contribution in [2.45, 2.75) is 12.5 Å². The maximum Gasteiger partial charge on any atom is 0.229 e. The molecule has 3 aromatic rings. The van der Waals surface area contributed by atoms with Crippen molar-refractivity contribution in [3.05, 3.63) is 77.4 Å². The number of benzene rings is 3. The zero-order chi connectivity index (χ0) is 22.7. The lowest BCUT2D eigenvalue weighted by atomic mass is 10.1. The van der Waals surface area contributed by atoms with Crippen LogP contribution >= 0.6 is 0 Å². The van der Waals surface area contributed by atoms with Crippen molar-refractivity contribution >= 4 is 21.4 Å². The molecule has 4 rings (SSSR count). The van der Waals surface area contributed by atoms with Crippen molar-refractivity contribution in [1.29, 1.82) is 0 Å². The Labute approximate surface area is 188 Å². The minimum Gasteiger partial charge on any atom is -0.492 e. The predicted molar refractivity (Wildman–Crippen MR) is 127 cm³/mol. The van der Waals surface area contributed by atoms with Crippen LogP contribution in [0.25, 0.3) is 11.1 Å². The second kappa shape index (κ2) is 9.20. The van der Waals surface area contributed by atoms with Crippen LogP contribution in [-0.2, 0) is 16.4 Å². The second-order valence-corrected chi connectivity index (χ2v) is 9.73. The maximum atomic E-state index is 11.4. The van der Waals surface area contributed by atoms with E-state index in [0.29, 0.717) is 30.9 Å². The quantitative estimate of drug-likeness (QED) is 0.229. The van der Waals surface area contributed by atoms with E-state index in [4.69, 9.17) is 10.5 Å². The topological polar surface area (TPSA) is 114 Å². The monoisotopic (exact) mass is 453 g/mol. The van der Waals surface area contributed by atoms with E-state index in [9.17, 15) is 13.5 Å². The van der Waals surface area contributed by atoms with Crippen LogP contribution in [0.5, 0.6) is 5.75 Å². The Balaban J connectivity index is 1.25. The smallest absolute Gasteiger partial charge is 0.229 e. The Morgan fingerprint density at radius 3 is 2.59 bits per heavy atom. The van der Waals surface area contributed by atoms with E-state index in [1.165, 1.54) is 22.3 Å². The number of sulfonamides is 1. The molecular weight excluding hydrogens is 426 g/mol. The van der Waals surface area contributed by atoms with Gasteiger partial charge in [0.1, 0.15) is 12.4 Å². The highest BCUT2D eigenvalue weighted by Gasteiger charge is 2.19. The van der Waals surface area contributed by atoms with Crippen molar-refractivity contribution in [2.75, 3.05) is 36.4 Å². The highest BCUT2D eigenvalue weighted by Crippen LogP contribution is 2.39. The summed E-state index contributed by atoms with van der Waals surface area (Å²) in [6, 6.07) is 18.9. The maximum absolute atomic E-state index is 11.4. The van der Waals surface area contributed by atoms with E-state index in [1.54, 1.807) is 24.3 Å². The zero-order valence-corrected chi connectivity index (χ0v) is 18.7. The molecule has 1 unspecified atom stereocenters. The standard InChI is InChI=1S/C24H27N3O4S/c1-32(29,30)27-20-4-2-3-16(13-20)24(28)15-26-9-10-31-21-6-8-23-18(14-21)11-17-12-19(25)5-7-22(17)23/h2-8,12-14,24,26-28H,9-11,15,25H2,1H3. The zero-order valence-electron chi connectivity index (χ0n) is 17.8. The molecule has 0 radical (unpaired) electrons. The van der Waals surface area contributed by atoms with Crippen LogP contribution in [0.15, 0.2) is 60.7 Å². The summed E-state index contributed by atoms with van der Waals surface area (Å²) in [5.74, 6) is 0.812. The number of nitrogen functional groups attached to an aromatic ring is 1. The highest BCUT2D eigenvalue weighted by molar-refractivity contribution is 7.92. The number of nitrogens with two attached hydrogens (primary N) is 1. The average Bonchev–Trinajstić information content (AvgIpc) is 3.08. The molecule has 0 spiro atoms. The minimum absolute atomic E-state index is 0.326. The van der Waals surface area contributed by atoms with Gasteiger partial charge in [-0.3, -0.25) is 4.72 Å². The number of rotatable bonds is 9. The SMILES string of the molecule is CS(=O)(=O)Nc1cccc(C(O)CNCCOc2ccc3c(c2)Cc2cc(N)ccc2-3)c1. The van der Waals surface area contributed by atoms with Gasteiger partial charge in [-0.2, -0.15) is 0 Å². The molecule has 1 aliphatic rings. The molecule has 32 heavy (non-hydrogen) atoms. The van der Waals surface area contributed by atoms with E-state index in [-0.39, 0.29) is 0 Å². The largest absolute Gasteiger partial charge is 0.492 e. The van der Waals surface area contributed by atoms with Gasteiger partial charge in [0.2, 0.25) is 10.0 Å². The third-order valence-corrected chi connectivity index (χ3v) is 5.94. The number of nitrogens with one attached hydrogen (secondary N) is 2. The highest BCUT2D eigenvalue weighted by atomic mass is 32.2. The average molecular weight is 454 g/mol. The van der Waals surface area contributed by atoms with E-state index in [0.717, 1.165) is 24.1 Å². The van der Waals surface area contributed by atoms with Gasteiger partial charge in [0.15, 0.2) is 0 Å².